The highest BCUT2D eigenvalue weighted by atomic mass is 16.6. The van der Waals surface area contributed by atoms with Gasteiger partial charge in [0.1, 0.15) is 13.2 Å². The molecule has 160 valence electrons. The number of nitrogens with zero attached hydrogens (tertiary/aromatic N) is 2. The molecule has 3 rings (SSSR count). The fourth-order valence-corrected chi connectivity index (χ4v) is 2.93. The SMILES string of the molecule is CCOc1cc(/C=N\OCc2cccc([N+](=O)[O-])c2)ccc1OCc1cccc(C)c1. The van der Waals surface area contributed by atoms with Crippen LogP contribution in [0, 0.1) is 17.0 Å². The summed E-state index contributed by atoms with van der Waals surface area (Å²) < 4.78 is 11.7. The van der Waals surface area contributed by atoms with E-state index in [0.717, 1.165) is 11.1 Å². The van der Waals surface area contributed by atoms with Gasteiger partial charge in [-0.2, -0.15) is 0 Å². The second kappa shape index (κ2) is 10.8. The van der Waals surface area contributed by atoms with Gasteiger partial charge in [0.05, 0.1) is 17.7 Å². The Bertz CT molecular complexity index is 1070. The molecule has 3 aromatic rings. The van der Waals surface area contributed by atoms with Crippen molar-refractivity contribution in [3.63, 3.8) is 0 Å². The molecule has 0 saturated heterocycles. The molecule has 0 spiro atoms. The van der Waals surface area contributed by atoms with Gasteiger partial charge in [-0.3, -0.25) is 10.1 Å². The summed E-state index contributed by atoms with van der Waals surface area (Å²) in [5.41, 5.74) is 3.74. The molecule has 0 bridgehead atoms. The summed E-state index contributed by atoms with van der Waals surface area (Å²) in [6.07, 6.45) is 1.56. The quantitative estimate of drug-likeness (QED) is 0.248. The predicted molar refractivity (Wildman–Crippen MR) is 119 cm³/mol. The van der Waals surface area contributed by atoms with E-state index in [1.54, 1.807) is 18.3 Å². The summed E-state index contributed by atoms with van der Waals surface area (Å²) >= 11 is 0. The van der Waals surface area contributed by atoms with Gasteiger partial charge in [-0.05, 0) is 43.2 Å². The third kappa shape index (κ3) is 6.57. The molecule has 0 aliphatic carbocycles. The Morgan fingerprint density at radius 2 is 1.71 bits per heavy atom. The van der Waals surface area contributed by atoms with Gasteiger partial charge in [-0.15, -0.1) is 0 Å². The topological polar surface area (TPSA) is 83.2 Å². The zero-order valence-electron chi connectivity index (χ0n) is 17.5. The molecule has 0 heterocycles. The number of nitro benzene ring substituents is 1. The van der Waals surface area contributed by atoms with E-state index in [0.29, 0.717) is 30.3 Å². The highest BCUT2D eigenvalue weighted by Gasteiger charge is 2.08. The molecule has 0 atom stereocenters. The van der Waals surface area contributed by atoms with Gasteiger partial charge >= 0.3 is 0 Å². The highest BCUT2D eigenvalue weighted by molar-refractivity contribution is 5.80. The predicted octanol–water partition coefficient (Wildman–Crippen LogP) is 5.43. The summed E-state index contributed by atoms with van der Waals surface area (Å²) in [5, 5.41) is 14.8. The smallest absolute Gasteiger partial charge is 0.269 e. The van der Waals surface area contributed by atoms with E-state index in [4.69, 9.17) is 14.3 Å². The first kappa shape index (κ1) is 21.8. The monoisotopic (exact) mass is 420 g/mol. The van der Waals surface area contributed by atoms with E-state index in [1.807, 2.05) is 50.2 Å². The lowest BCUT2D eigenvalue weighted by molar-refractivity contribution is -0.384. The summed E-state index contributed by atoms with van der Waals surface area (Å²) in [6.45, 7) is 5.04. The van der Waals surface area contributed by atoms with Gasteiger partial charge in [-0.25, -0.2) is 0 Å². The first-order valence-corrected chi connectivity index (χ1v) is 9.89. The number of ether oxygens (including phenoxy) is 2. The molecule has 0 N–H and O–H groups in total. The number of non-ortho nitro benzene ring substituents is 1. The van der Waals surface area contributed by atoms with Crippen LogP contribution in [-0.2, 0) is 18.1 Å². The zero-order valence-corrected chi connectivity index (χ0v) is 17.5. The van der Waals surface area contributed by atoms with E-state index in [9.17, 15) is 10.1 Å². The maximum absolute atomic E-state index is 10.8. The van der Waals surface area contributed by atoms with Crippen LogP contribution in [0.3, 0.4) is 0 Å². The van der Waals surface area contributed by atoms with Crippen molar-refractivity contribution in [3.05, 3.63) is 99.1 Å². The molecule has 0 aromatic heterocycles. The summed E-state index contributed by atoms with van der Waals surface area (Å²) in [6, 6.07) is 19.9. The minimum Gasteiger partial charge on any atom is -0.490 e. The van der Waals surface area contributed by atoms with Crippen molar-refractivity contribution < 1.29 is 19.2 Å². The van der Waals surface area contributed by atoms with Crippen LogP contribution < -0.4 is 9.47 Å². The number of hydrogen-bond donors (Lipinski definition) is 0. The van der Waals surface area contributed by atoms with Gasteiger partial charge in [-0.1, -0.05) is 47.1 Å². The van der Waals surface area contributed by atoms with Crippen molar-refractivity contribution in [1.82, 2.24) is 0 Å². The summed E-state index contributed by atoms with van der Waals surface area (Å²) in [7, 11) is 0. The number of oxime groups is 1. The van der Waals surface area contributed by atoms with Crippen LogP contribution in [0.1, 0.15) is 29.2 Å². The van der Waals surface area contributed by atoms with Crippen molar-refractivity contribution >= 4 is 11.9 Å². The summed E-state index contributed by atoms with van der Waals surface area (Å²) in [5.74, 6) is 1.27. The van der Waals surface area contributed by atoms with Crippen LogP contribution >= 0.6 is 0 Å². The second-order valence-electron chi connectivity index (χ2n) is 6.85. The highest BCUT2D eigenvalue weighted by Crippen LogP contribution is 2.29. The van der Waals surface area contributed by atoms with Gasteiger partial charge in [0.2, 0.25) is 0 Å². The second-order valence-corrected chi connectivity index (χ2v) is 6.85. The normalized spacial score (nSPS) is 10.8. The minimum atomic E-state index is -0.440. The Kier molecular flexibility index (Phi) is 7.59. The van der Waals surface area contributed by atoms with Crippen molar-refractivity contribution in [3.8, 4) is 11.5 Å². The van der Waals surface area contributed by atoms with E-state index >= 15 is 0 Å². The van der Waals surface area contributed by atoms with Gasteiger partial charge in [0, 0.05) is 17.7 Å². The maximum Gasteiger partial charge on any atom is 0.269 e. The van der Waals surface area contributed by atoms with Gasteiger partial charge < -0.3 is 14.3 Å². The Morgan fingerprint density at radius 3 is 2.45 bits per heavy atom. The Morgan fingerprint density at radius 1 is 0.935 bits per heavy atom. The van der Waals surface area contributed by atoms with E-state index in [1.165, 1.54) is 17.7 Å². The molecule has 0 aliphatic heterocycles. The molecule has 3 aromatic carbocycles. The Labute approximate surface area is 181 Å². The number of hydrogen-bond acceptors (Lipinski definition) is 6. The molecular weight excluding hydrogens is 396 g/mol. The molecule has 7 nitrogen and oxygen atoms in total. The fourth-order valence-electron chi connectivity index (χ4n) is 2.93. The van der Waals surface area contributed by atoms with Crippen molar-refractivity contribution in [2.75, 3.05) is 6.61 Å². The first-order valence-electron chi connectivity index (χ1n) is 9.89. The van der Waals surface area contributed by atoms with Crippen LogP contribution in [0.2, 0.25) is 0 Å². The van der Waals surface area contributed by atoms with Crippen molar-refractivity contribution in [1.29, 1.82) is 0 Å². The van der Waals surface area contributed by atoms with Gasteiger partial charge in [0.15, 0.2) is 11.5 Å². The lowest BCUT2D eigenvalue weighted by Gasteiger charge is -2.13. The third-order valence-electron chi connectivity index (χ3n) is 4.37. The third-order valence-corrected chi connectivity index (χ3v) is 4.37. The van der Waals surface area contributed by atoms with Crippen LogP contribution in [-0.4, -0.2) is 17.7 Å². The van der Waals surface area contributed by atoms with Crippen LogP contribution in [0.25, 0.3) is 0 Å². The van der Waals surface area contributed by atoms with E-state index in [2.05, 4.69) is 11.2 Å². The van der Waals surface area contributed by atoms with Crippen molar-refractivity contribution in [2.24, 2.45) is 5.16 Å². The fraction of sp³-hybridized carbons (Fsp3) is 0.208. The lowest BCUT2D eigenvalue weighted by atomic mass is 10.1. The molecule has 0 amide bonds. The molecule has 7 heteroatoms. The molecular formula is C24H24N2O5. The molecule has 0 saturated carbocycles. The molecule has 31 heavy (non-hydrogen) atoms. The molecule has 0 aliphatic rings. The number of rotatable bonds is 10. The average Bonchev–Trinajstić information content (AvgIpc) is 2.76. The standard InChI is InChI=1S/C24H24N2O5/c1-3-29-24-14-19(10-11-23(24)30-16-20-7-4-6-18(2)12-20)15-25-31-17-21-8-5-9-22(13-21)26(27)28/h4-15H,3,16-17H2,1-2H3/b25-15-. The van der Waals surface area contributed by atoms with Crippen LogP contribution in [0.4, 0.5) is 5.69 Å². The molecule has 0 unspecified atom stereocenters. The maximum atomic E-state index is 10.8. The number of benzene rings is 3. The Hall–Kier alpha value is -3.87. The van der Waals surface area contributed by atoms with E-state index < -0.39 is 4.92 Å². The summed E-state index contributed by atoms with van der Waals surface area (Å²) in [4.78, 5) is 15.7. The lowest BCUT2D eigenvalue weighted by Crippen LogP contribution is -2.00. The van der Waals surface area contributed by atoms with Crippen LogP contribution in [0.15, 0.2) is 71.9 Å². The van der Waals surface area contributed by atoms with Gasteiger partial charge in [0.25, 0.3) is 5.69 Å². The molecule has 0 fully saturated rings. The molecule has 0 radical (unpaired) electrons. The number of nitro groups is 1. The van der Waals surface area contributed by atoms with E-state index in [-0.39, 0.29) is 12.3 Å². The van der Waals surface area contributed by atoms with Crippen molar-refractivity contribution in [2.45, 2.75) is 27.1 Å². The average molecular weight is 420 g/mol. The Balaban J connectivity index is 1.61. The first-order chi connectivity index (χ1) is 15.0. The van der Waals surface area contributed by atoms with Crippen LogP contribution in [0.5, 0.6) is 11.5 Å². The number of aryl methyl sites for hydroxylation is 1. The zero-order chi connectivity index (χ0) is 22.1. The largest absolute Gasteiger partial charge is 0.490 e. The minimum absolute atomic E-state index is 0.0210.